The minimum absolute atomic E-state index is 0.133. The molecule has 0 unspecified atom stereocenters. The molecule has 30 heavy (non-hydrogen) atoms. The molecule has 3 rings (SSSR count). The van der Waals surface area contributed by atoms with Crippen LogP contribution in [0.1, 0.15) is 50.3 Å². The van der Waals surface area contributed by atoms with Crippen LogP contribution in [0.15, 0.2) is 12.1 Å². The standard InChI is InChI=1S/C23H34Cl2N2O2Si/c1-14-7-17-18(19(13-28)22(25)27-21(17)10-20(14)24)12-26-11-15-8-16(9-15)29-30(5,6)23(2,3)4/h7,10,15-16,26,28H,8-9,11-13H2,1-6H3. The van der Waals surface area contributed by atoms with E-state index in [-0.39, 0.29) is 11.6 Å². The summed E-state index contributed by atoms with van der Waals surface area (Å²) in [6.07, 6.45) is 2.62. The van der Waals surface area contributed by atoms with Gasteiger partial charge < -0.3 is 14.8 Å². The van der Waals surface area contributed by atoms with Gasteiger partial charge in [0.1, 0.15) is 5.15 Å². The van der Waals surface area contributed by atoms with Gasteiger partial charge in [-0.2, -0.15) is 0 Å². The van der Waals surface area contributed by atoms with Crippen LogP contribution < -0.4 is 5.32 Å². The average molecular weight is 470 g/mol. The van der Waals surface area contributed by atoms with E-state index in [2.05, 4.69) is 44.2 Å². The molecule has 2 aromatic rings. The Labute approximate surface area is 191 Å². The molecule has 0 radical (unpaired) electrons. The van der Waals surface area contributed by atoms with Crippen LogP contribution in [0.4, 0.5) is 0 Å². The molecule has 2 N–H and O–H groups in total. The van der Waals surface area contributed by atoms with E-state index in [1.54, 1.807) is 0 Å². The second-order valence-corrected chi connectivity index (χ2v) is 15.6. The Balaban J connectivity index is 1.63. The van der Waals surface area contributed by atoms with Crippen LogP contribution in [0.2, 0.25) is 28.3 Å². The number of hydrogen-bond donors (Lipinski definition) is 2. The smallest absolute Gasteiger partial charge is 0.192 e. The number of aliphatic hydroxyl groups is 1. The number of nitrogens with zero attached hydrogens (tertiary/aromatic N) is 1. The first-order chi connectivity index (χ1) is 13.9. The maximum atomic E-state index is 9.87. The molecule has 1 heterocycles. The van der Waals surface area contributed by atoms with Gasteiger partial charge in [0, 0.05) is 28.6 Å². The monoisotopic (exact) mass is 468 g/mol. The number of rotatable bonds is 7. The molecule has 0 spiro atoms. The molecule has 0 saturated heterocycles. The van der Waals surface area contributed by atoms with Crippen molar-refractivity contribution in [1.82, 2.24) is 10.3 Å². The van der Waals surface area contributed by atoms with Crippen molar-refractivity contribution in [2.75, 3.05) is 6.54 Å². The first-order valence-electron chi connectivity index (χ1n) is 10.7. The molecule has 1 aliphatic carbocycles. The molecule has 0 bridgehead atoms. The highest BCUT2D eigenvalue weighted by atomic mass is 35.5. The Morgan fingerprint density at radius 1 is 1.20 bits per heavy atom. The van der Waals surface area contributed by atoms with E-state index in [4.69, 9.17) is 27.6 Å². The molecule has 0 amide bonds. The summed E-state index contributed by atoms with van der Waals surface area (Å²) in [6, 6.07) is 3.88. The topological polar surface area (TPSA) is 54.4 Å². The molecule has 1 aromatic carbocycles. The average Bonchev–Trinajstić information content (AvgIpc) is 2.60. The van der Waals surface area contributed by atoms with Crippen LogP contribution in [0, 0.1) is 12.8 Å². The predicted molar refractivity (Wildman–Crippen MR) is 129 cm³/mol. The van der Waals surface area contributed by atoms with Gasteiger partial charge in [-0.3, -0.25) is 0 Å². The highest BCUT2D eigenvalue weighted by Crippen LogP contribution is 2.41. The van der Waals surface area contributed by atoms with Gasteiger partial charge >= 0.3 is 0 Å². The SMILES string of the molecule is Cc1cc2c(CNCC3CC(O[Si](C)(C)C(C)(C)C)C3)c(CO)c(Cl)nc2cc1Cl. The number of nitrogens with one attached hydrogen (secondary N) is 1. The number of pyridine rings is 1. The summed E-state index contributed by atoms with van der Waals surface area (Å²) in [5.74, 6) is 0.622. The van der Waals surface area contributed by atoms with Gasteiger partial charge in [0.15, 0.2) is 8.32 Å². The van der Waals surface area contributed by atoms with Crippen LogP contribution in [0.5, 0.6) is 0 Å². The van der Waals surface area contributed by atoms with Crippen molar-refractivity contribution in [2.45, 2.75) is 77.9 Å². The van der Waals surface area contributed by atoms with Gasteiger partial charge in [0.2, 0.25) is 0 Å². The summed E-state index contributed by atoms with van der Waals surface area (Å²) in [5.41, 5.74) is 3.44. The van der Waals surface area contributed by atoms with E-state index in [9.17, 15) is 5.11 Å². The van der Waals surface area contributed by atoms with Crippen molar-refractivity contribution in [2.24, 2.45) is 5.92 Å². The number of halogens is 2. The number of benzene rings is 1. The summed E-state index contributed by atoms with van der Waals surface area (Å²) in [7, 11) is -1.69. The Bertz CT molecular complexity index is 922. The van der Waals surface area contributed by atoms with E-state index < -0.39 is 8.32 Å². The van der Waals surface area contributed by atoms with Crippen LogP contribution in [0.25, 0.3) is 10.9 Å². The van der Waals surface area contributed by atoms with Crippen molar-refractivity contribution in [3.63, 3.8) is 0 Å². The van der Waals surface area contributed by atoms with Gasteiger partial charge in [-0.15, -0.1) is 0 Å². The van der Waals surface area contributed by atoms with Crippen molar-refractivity contribution in [3.05, 3.63) is 39.0 Å². The zero-order valence-corrected chi connectivity index (χ0v) is 21.4. The molecule has 4 nitrogen and oxygen atoms in total. The predicted octanol–water partition coefficient (Wildman–Crippen LogP) is 6.23. The maximum Gasteiger partial charge on any atom is 0.192 e. The first kappa shape index (κ1) is 24.0. The van der Waals surface area contributed by atoms with Gasteiger partial charge in [0.05, 0.1) is 12.1 Å². The normalized spacial score (nSPS) is 19.9. The largest absolute Gasteiger partial charge is 0.414 e. The molecule has 1 saturated carbocycles. The Morgan fingerprint density at radius 3 is 2.47 bits per heavy atom. The summed E-state index contributed by atoms with van der Waals surface area (Å²) in [5, 5.41) is 15.7. The molecular weight excluding hydrogens is 435 g/mol. The number of fused-ring (bicyclic) bond motifs is 1. The number of hydrogen-bond acceptors (Lipinski definition) is 4. The Morgan fingerprint density at radius 2 is 1.87 bits per heavy atom. The van der Waals surface area contributed by atoms with Gasteiger partial charge in [-0.1, -0.05) is 44.0 Å². The number of aromatic nitrogens is 1. The summed E-state index contributed by atoms with van der Waals surface area (Å²) in [4.78, 5) is 4.42. The van der Waals surface area contributed by atoms with E-state index in [0.29, 0.717) is 34.3 Å². The maximum absolute atomic E-state index is 9.87. The quantitative estimate of drug-likeness (QED) is 0.373. The minimum Gasteiger partial charge on any atom is -0.414 e. The van der Waals surface area contributed by atoms with Crippen LogP contribution in [-0.4, -0.2) is 31.1 Å². The molecule has 1 fully saturated rings. The number of aryl methyl sites for hydroxylation is 1. The van der Waals surface area contributed by atoms with Gasteiger partial charge in [-0.25, -0.2) is 4.98 Å². The first-order valence-corrected chi connectivity index (χ1v) is 14.4. The van der Waals surface area contributed by atoms with E-state index >= 15 is 0 Å². The molecule has 1 aromatic heterocycles. The zero-order chi connectivity index (χ0) is 22.3. The van der Waals surface area contributed by atoms with Crippen LogP contribution in [-0.2, 0) is 17.6 Å². The third-order valence-corrected chi connectivity index (χ3v) is 12.0. The van der Waals surface area contributed by atoms with Crippen molar-refractivity contribution < 1.29 is 9.53 Å². The minimum atomic E-state index is -1.69. The van der Waals surface area contributed by atoms with Crippen LogP contribution >= 0.6 is 23.2 Å². The van der Waals surface area contributed by atoms with E-state index in [0.717, 1.165) is 41.4 Å². The zero-order valence-electron chi connectivity index (χ0n) is 18.9. The Hall–Kier alpha value is -0.693. The van der Waals surface area contributed by atoms with Crippen molar-refractivity contribution in [1.29, 1.82) is 0 Å². The lowest BCUT2D eigenvalue weighted by Crippen LogP contribution is -2.48. The molecule has 0 atom stereocenters. The second kappa shape index (κ2) is 9.05. The number of aliphatic hydroxyl groups excluding tert-OH is 1. The fourth-order valence-corrected chi connectivity index (χ4v) is 5.56. The summed E-state index contributed by atoms with van der Waals surface area (Å²) in [6.45, 7) is 14.9. The lowest BCUT2D eigenvalue weighted by molar-refractivity contribution is 0.0524. The summed E-state index contributed by atoms with van der Waals surface area (Å²) < 4.78 is 6.51. The fourth-order valence-electron chi connectivity index (χ4n) is 3.76. The molecule has 1 aliphatic rings. The lowest BCUT2D eigenvalue weighted by atomic mass is 9.82. The van der Waals surface area contributed by atoms with Crippen molar-refractivity contribution in [3.8, 4) is 0 Å². The highest BCUT2D eigenvalue weighted by molar-refractivity contribution is 6.74. The fraction of sp³-hybridized carbons (Fsp3) is 0.609. The van der Waals surface area contributed by atoms with E-state index in [1.807, 2.05) is 19.1 Å². The third-order valence-electron chi connectivity index (χ3n) is 6.79. The lowest BCUT2D eigenvalue weighted by Gasteiger charge is -2.45. The van der Waals surface area contributed by atoms with Gasteiger partial charge in [0.25, 0.3) is 0 Å². The van der Waals surface area contributed by atoms with Gasteiger partial charge in [-0.05, 0) is 73.6 Å². The second-order valence-electron chi connectivity index (χ2n) is 10.1. The third kappa shape index (κ3) is 5.03. The van der Waals surface area contributed by atoms with Crippen molar-refractivity contribution >= 4 is 42.4 Å². The molecule has 7 heteroatoms. The molecule has 166 valence electrons. The van der Waals surface area contributed by atoms with Crippen LogP contribution in [0.3, 0.4) is 0 Å². The highest BCUT2D eigenvalue weighted by Gasteiger charge is 2.42. The molecular formula is C23H34Cl2N2O2Si. The Kier molecular flexibility index (Phi) is 7.22. The summed E-state index contributed by atoms with van der Waals surface area (Å²) >= 11 is 12.6. The molecule has 0 aliphatic heterocycles. The van der Waals surface area contributed by atoms with E-state index in [1.165, 1.54) is 0 Å².